The molecule has 1 aromatic rings. The molecule has 14 heavy (non-hydrogen) atoms. The van der Waals surface area contributed by atoms with Gasteiger partial charge in [0.05, 0.1) is 0 Å². The van der Waals surface area contributed by atoms with Crippen LogP contribution < -0.4 is 5.73 Å². The Kier molecular flexibility index (Phi) is 3.56. The van der Waals surface area contributed by atoms with Gasteiger partial charge in [-0.15, -0.1) is 0 Å². The topological polar surface area (TPSA) is 46.2 Å². The first-order valence-corrected chi connectivity index (χ1v) is 5.41. The third-order valence-electron chi connectivity index (χ3n) is 2.26. The molecule has 0 spiro atoms. The van der Waals surface area contributed by atoms with Crippen molar-refractivity contribution in [2.75, 3.05) is 6.54 Å². The zero-order chi connectivity index (χ0) is 10.8. The van der Waals surface area contributed by atoms with E-state index in [9.17, 15) is 5.11 Å². The van der Waals surface area contributed by atoms with Crippen molar-refractivity contribution in [1.82, 2.24) is 0 Å². The van der Waals surface area contributed by atoms with E-state index in [4.69, 9.17) is 5.73 Å². The third kappa shape index (κ3) is 3.00. The number of phenols is 1. The maximum atomic E-state index is 9.63. The van der Waals surface area contributed by atoms with Gasteiger partial charge in [-0.25, -0.2) is 0 Å². The average Bonchev–Trinajstić information content (AvgIpc) is 2.11. The number of phenolic OH excluding ortho intramolecular Hbond substituents is 1. The Morgan fingerprint density at radius 3 is 2.64 bits per heavy atom. The quantitative estimate of drug-likeness (QED) is 0.875. The van der Waals surface area contributed by atoms with Crippen LogP contribution in [0.5, 0.6) is 5.75 Å². The molecule has 2 nitrogen and oxygen atoms in total. The molecule has 0 radical (unpaired) electrons. The van der Waals surface area contributed by atoms with Crippen molar-refractivity contribution in [1.29, 1.82) is 0 Å². The average molecular weight is 258 g/mol. The van der Waals surface area contributed by atoms with Crippen molar-refractivity contribution in [2.24, 2.45) is 11.1 Å². The first-order chi connectivity index (χ1) is 6.44. The van der Waals surface area contributed by atoms with Gasteiger partial charge in [0, 0.05) is 4.47 Å². The summed E-state index contributed by atoms with van der Waals surface area (Å²) >= 11 is 3.38. The van der Waals surface area contributed by atoms with Gasteiger partial charge in [0.15, 0.2) is 0 Å². The molecule has 0 aliphatic carbocycles. The summed E-state index contributed by atoms with van der Waals surface area (Å²) in [5, 5.41) is 9.63. The van der Waals surface area contributed by atoms with E-state index in [0.717, 1.165) is 16.5 Å². The van der Waals surface area contributed by atoms with Crippen LogP contribution in [0, 0.1) is 5.41 Å². The highest BCUT2D eigenvalue weighted by Gasteiger charge is 2.18. The number of aromatic hydroxyl groups is 1. The smallest absolute Gasteiger partial charge is 0.118 e. The van der Waals surface area contributed by atoms with Crippen LogP contribution in [-0.2, 0) is 6.42 Å². The van der Waals surface area contributed by atoms with E-state index in [0.29, 0.717) is 12.3 Å². The summed E-state index contributed by atoms with van der Waals surface area (Å²) in [6, 6.07) is 5.47. The predicted octanol–water partition coefficient (Wildman–Crippen LogP) is 2.68. The van der Waals surface area contributed by atoms with Crippen LogP contribution in [0.1, 0.15) is 19.4 Å². The number of benzene rings is 1. The van der Waals surface area contributed by atoms with Gasteiger partial charge in [0.2, 0.25) is 0 Å². The first kappa shape index (κ1) is 11.5. The molecule has 0 unspecified atom stereocenters. The molecule has 0 bridgehead atoms. The molecule has 0 fully saturated rings. The molecule has 78 valence electrons. The Morgan fingerprint density at radius 2 is 2.07 bits per heavy atom. The molecule has 0 heterocycles. The molecule has 0 saturated carbocycles. The van der Waals surface area contributed by atoms with Crippen molar-refractivity contribution < 1.29 is 5.11 Å². The Hall–Kier alpha value is -0.540. The SMILES string of the molecule is CC(C)(CN)Cc1cc(Br)ccc1O. The van der Waals surface area contributed by atoms with Crippen molar-refractivity contribution >= 4 is 15.9 Å². The van der Waals surface area contributed by atoms with E-state index in [1.165, 1.54) is 0 Å². The molecule has 0 saturated heterocycles. The molecule has 0 aliphatic heterocycles. The van der Waals surface area contributed by atoms with Gasteiger partial charge in [0.25, 0.3) is 0 Å². The van der Waals surface area contributed by atoms with Crippen molar-refractivity contribution in [2.45, 2.75) is 20.3 Å². The molecule has 0 atom stereocenters. The second-order valence-corrected chi connectivity index (χ2v) is 5.23. The van der Waals surface area contributed by atoms with Gasteiger partial charge in [-0.2, -0.15) is 0 Å². The highest BCUT2D eigenvalue weighted by Crippen LogP contribution is 2.28. The summed E-state index contributed by atoms with van der Waals surface area (Å²) in [7, 11) is 0. The van der Waals surface area contributed by atoms with Crippen LogP contribution in [0.25, 0.3) is 0 Å². The van der Waals surface area contributed by atoms with Crippen LogP contribution in [0.3, 0.4) is 0 Å². The minimum Gasteiger partial charge on any atom is -0.508 e. The third-order valence-corrected chi connectivity index (χ3v) is 2.76. The Bertz CT molecular complexity index is 323. The summed E-state index contributed by atoms with van der Waals surface area (Å²) in [6.07, 6.45) is 0.786. The minimum absolute atomic E-state index is 0.0261. The molecule has 3 heteroatoms. The Morgan fingerprint density at radius 1 is 1.43 bits per heavy atom. The minimum atomic E-state index is 0.0261. The molecule has 1 rings (SSSR count). The van der Waals surface area contributed by atoms with Crippen LogP contribution in [-0.4, -0.2) is 11.7 Å². The van der Waals surface area contributed by atoms with E-state index in [-0.39, 0.29) is 5.41 Å². The van der Waals surface area contributed by atoms with E-state index < -0.39 is 0 Å². The Balaban J connectivity index is 2.91. The van der Waals surface area contributed by atoms with Crippen molar-refractivity contribution in [3.63, 3.8) is 0 Å². The fourth-order valence-corrected chi connectivity index (χ4v) is 1.69. The lowest BCUT2D eigenvalue weighted by Gasteiger charge is -2.22. The van der Waals surface area contributed by atoms with Crippen molar-refractivity contribution in [3.05, 3.63) is 28.2 Å². The monoisotopic (exact) mass is 257 g/mol. The fraction of sp³-hybridized carbons (Fsp3) is 0.455. The zero-order valence-corrected chi connectivity index (χ0v) is 10.1. The van der Waals surface area contributed by atoms with Gasteiger partial charge in [0.1, 0.15) is 5.75 Å². The highest BCUT2D eigenvalue weighted by atomic mass is 79.9. The second kappa shape index (κ2) is 4.32. The normalized spacial score (nSPS) is 11.7. The van der Waals surface area contributed by atoms with Gasteiger partial charge < -0.3 is 10.8 Å². The molecule has 0 amide bonds. The first-order valence-electron chi connectivity index (χ1n) is 4.62. The van der Waals surface area contributed by atoms with Gasteiger partial charge in [-0.05, 0) is 42.1 Å². The maximum Gasteiger partial charge on any atom is 0.118 e. The molecular formula is C11H16BrNO. The lowest BCUT2D eigenvalue weighted by molar-refractivity contribution is 0.366. The van der Waals surface area contributed by atoms with Crippen LogP contribution in [0.4, 0.5) is 0 Å². The summed E-state index contributed by atoms with van der Waals surface area (Å²) in [5.74, 6) is 0.342. The molecule has 0 aromatic heterocycles. The molecular weight excluding hydrogens is 242 g/mol. The van der Waals surface area contributed by atoms with Crippen molar-refractivity contribution in [3.8, 4) is 5.75 Å². The molecule has 1 aromatic carbocycles. The number of nitrogens with two attached hydrogens (primary N) is 1. The lowest BCUT2D eigenvalue weighted by atomic mass is 9.86. The molecule has 0 aliphatic rings. The Labute approximate surface area is 93.3 Å². The predicted molar refractivity (Wildman–Crippen MR) is 62.3 cm³/mol. The summed E-state index contributed by atoms with van der Waals surface area (Å²) in [5.41, 5.74) is 6.61. The fourth-order valence-electron chi connectivity index (χ4n) is 1.28. The van der Waals surface area contributed by atoms with Crippen LogP contribution in [0.15, 0.2) is 22.7 Å². The number of halogens is 1. The summed E-state index contributed by atoms with van der Waals surface area (Å²) in [6.45, 7) is 4.79. The van der Waals surface area contributed by atoms with Crippen LogP contribution >= 0.6 is 15.9 Å². The standard InChI is InChI=1S/C11H16BrNO/c1-11(2,7-13)6-8-5-9(12)3-4-10(8)14/h3-5,14H,6-7,13H2,1-2H3. The van der Waals surface area contributed by atoms with Crippen LogP contribution in [0.2, 0.25) is 0 Å². The van der Waals surface area contributed by atoms with Gasteiger partial charge >= 0.3 is 0 Å². The number of hydrogen-bond acceptors (Lipinski definition) is 2. The largest absolute Gasteiger partial charge is 0.508 e. The zero-order valence-electron chi connectivity index (χ0n) is 8.55. The summed E-state index contributed by atoms with van der Waals surface area (Å²) < 4.78 is 0.984. The van der Waals surface area contributed by atoms with E-state index in [1.54, 1.807) is 6.07 Å². The molecule has 3 N–H and O–H groups in total. The van der Waals surface area contributed by atoms with Gasteiger partial charge in [-0.1, -0.05) is 29.8 Å². The lowest BCUT2D eigenvalue weighted by Crippen LogP contribution is -2.25. The maximum absolute atomic E-state index is 9.63. The van der Waals surface area contributed by atoms with E-state index in [1.807, 2.05) is 12.1 Å². The highest BCUT2D eigenvalue weighted by molar-refractivity contribution is 9.10. The van der Waals surface area contributed by atoms with Gasteiger partial charge in [-0.3, -0.25) is 0 Å². The van der Waals surface area contributed by atoms with E-state index in [2.05, 4.69) is 29.8 Å². The van der Waals surface area contributed by atoms with E-state index >= 15 is 0 Å². The number of rotatable bonds is 3. The second-order valence-electron chi connectivity index (χ2n) is 4.32. The number of hydrogen-bond donors (Lipinski definition) is 2. The summed E-state index contributed by atoms with van der Waals surface area (Å²) in [4.78, 5) is 0.